The molecular formula is C16H22N2O3. The molecule has 0 bridgehead atoms. The van der Waals surface area contributed by atoms with Crippen molar-refractivity contribution in [1.29, 1.82) is 0 Å². The molecule has 1 aliphatic rings. The highest BCUT2D eigenvalue weighted by Crippen LogP contribution is 2.16. The third-order valence-electron chi connectivity index (χ3n) is 3.81. The molecule has 2 rings (SSSR count). The molecule has 0 saturated carbocycles. The standard InChI is InChI=1S/C16H22N2O3/c1-4-18-7-8-21-14(16(18)20)10-15(19)17-13-6-5-11(2)12(3)9-13/h5-6,9,14H,4,7-8,10H2,1-3H3,(H,17,19)/t14-/m1/s1. The molecule has 1 aromatic carbocycles. The van der Waals surface area contributed by atoms with E-state index in [4.69, 9.17) is 4.74 Å². The lowest BCUT2D eigenvalue weighted by Gasteiger charge is -2.31. The van der Waals surface area contributed by atoms with E-state index in [1.807, 2.05) is 39.0 Å². The molecule has 1 fully saturated rings. The lowest BCUT2D eigenvalue weighted by molar-refractivity contribution is -0.154. The van der Waals surface area contributed by atoms with Gasteiger partial charge in [-0.05, 0) is 44.0 Å². The Labute approximate surface area is 125 Å². The quantitative estimate of drug-likeness (QED) is 0.921. The first-order valence-electron chi connectivity index (χ1n) is 7.28. The number of benzene rings is 1. The predicted molar refractivity (Wildman–Crippen MR) is 81.2 cm³/mol. The zero-order valence-corrected chi connectivity index (χ0v) is 12.8. The number of hydrogen-bond acceptors (Lipinski definition) is 3. The Morgan fingerprint density at radius 1 is 1.38 bits per heavy atom. The van der Waals surface area contributed by atoms with E-state index in [0.29, 0.717) is 19.7 Å². The van der Waals surface area contributed by atoms with Gasteiger partial charge >= 0.3 is 0 Å². The van der Waals surface area contributed by atoms with Crippen molar-refractivity contribution < 1.29 is 14.3 Å². The van der Waals surface area contributed by atoms with Crippen molar-refractivity contribution in [3.63, 3.8) is 0 Å². The van der Waals surface area contributed by atoms with E-state index in [1.165, 1.54) is 5.56 Å². The molecule has 0 spiro atoms. The fourth-order valence-corrected chi connectivity index (χ4v) is 2.35. The predicted octanol–water partition coefficient (Wildman–Crippen LogP) is 1.88. The average molecular weight is 290 g/mol. The normalized spacial score (nSPS) is 18.7. The number of morpholine rings is 1. The minimum atomic E-state index is -0.662. The summed E-state index contributed by atoms with van der Waals surface area (Å²) in [6.07, 6.45) is -0.604. The van der Waals surface area contributed by atoms with Gasteiger partial charge in [-0.1, -0.05) is 6.07 Å². The van der Waals surface area contributed by atoms with E-state index in [9.17, 15) is 9.59 Å². The van der Waals surface area contributed by atoms with E-state index in [0.717, 1.165) is 11.3 Å². The molecule has 1 aliphatic heterocycles. The van der Waals surface area contributed by atoms with Crippen LogP contribution in [0.3, 0.4) is 0 Å². The highest BCUT2D eigenvalue weighted by Gasteiger charge is 2.30. The number of hydrogen-bond donors (Lipinski definition) is 1. The maximum Gasteiger partial charge on any atom is 0.252 e. The summed E-state index contributed by atoms with van der Waals surface area (Å²) < 4.78 is 5.42. The van der Waals surface area contributed by atoms with Crippen molar-refractivity contribution in [2.24, 2.45) is 0 Å². The van der Waals surface area contributed by atoms with Gasteiger partial charge in [0.1, 0.15) is 6.10 Å². The molecule has 5 nitrogen and oxygen atoms in total. The van der Waals surface area contributed by atoms with Gasteiger partial charge in [0.15, 0.2) is 0 Å². The van der Waals surface area contributed by atoms with Crippen molar-refractivity contribution in [3.05, 3.63) is 29.3 Å². The first kappa shape index (κ1) is 15.5. The summed E-state index contributed by atoms with van der Waals surface area (Å²) >= 11 is 0. The Hall–Kier alpha value is -1.88. The third kappa shape index (κ3) is 3.82. The number of ether oxygens (including phenoxy) is 1. The summed E-state index contributed by atoms with van der Waals surface area (Å²) in [6.45, 7) is 7.69. The second-order valence-corrected chi connectivity index (χ2v) is 5.33. The number of aryl methyl sites for hydroxylation is 2. The fourth-order valence-electron chi connectivity index (χ4n) is 2.35. The Morgan fingerprint density at radius 2 is 2.14 bits per heavy atom. The van der Waals surface area contributed by atoms with E-state index >= 15 is 0 Å². The monoisotopic (exact) mass is 290 g/mol. The van der Waals surface area contributed by atoms with Crippen molar-refractivity contribution in [2.45, 2.75) is 33.3 Å². The second kappa shape index (κ2) is 6.72. The van der Waals surface area contributed by atoms with Gasteiger partial charge in [0.25, 0.3) is 5.91 Å². The Balaban J connectivity index is 1.95. The van der Waals surface area contributed by atoms with Crippen molar-refractivity contribution in [3.8, 4) is 0 Å². The zero-order chi connectivity index (χ0) is 15.4. The van der Waals surface area contributed by atoms with Crippen LogP contribution >= 0.6 is 0 Å². The van der Waals surface area contributed by atoms with E-state index in [1.54, 1.807) is 4.90 Å². The molecule has 21 heavy (non-hydrogen) atoms. The van der Waals surface area contributed by atoms with Crippen LogP contribution in [-0.2, 0) is 14.3 Å². The number of carbonyl (C=O) groups is 2. The molecule has 2 amide bonds. The number of anilines is 1. The molecule has 1 saturated heterocycles. The van der Waals surface area contributed by atoms with E-state index in [-0.39, 0.29) is 18.2 Å². The number of rotatable bonds is 4. The lowest BCUT2D eigenvalue weighted by Crippen LogP contribution is -2.48. The smallest absolute Gasteiger partial charge is 0.252 e. The van der Waals surface area contributed by atoms with E-state index < -0.39 is 6.10 Å². The van der Waals surface area contributed by atoms with Crippen LogP contribution in [0, 0.1) is 13.8 Å². The van der Waals surface area contributed by atoms with Crippen LogP contribution in [0.25, 0.3) is 0 Å². The molecule has 114 valence electrons. The largest absolute Gasteiger partial charge is 0.366 e. The summed E-state index contributed by atoms with van der Waals surface area (Å²) in [7, 11) is 0. The molecule has 1 atom stereocenters. The Morgan fingerprint density at radius 3 is 2.81 bits per heavy atom. The number of carbonyl (C=O) groups excluding carboxylic acids is 2. The van der Waals surface area contributed by atoms with Crippen molar-refractivity contribution in [1.82, 2.24) is 4.90 Å². The van der Waals surface area contributed by atoms with Gasteiger partial charge in [0, 0.05) is 18.8 Å². The number of amides is 2. The maximum atomic E-state index is 12.1. The van der Waals surface area contributed by atoms with Gasteiger partial charge < -0.3 is 15.0 Å². The summed E-state index contributed by atoms with van der Waals surface area (Å²) in [5, 5.41) is 2.82. The van der Waals surface area contributed by atoms with Gasteiger partial charge in [-0.2, -0.15) is 0 Å². The van der Waals surface area contributed by atoms with Crippen molar-refractivity contribution >= 4 is 17.5 Å². The zero-order valence-electron chi connectivity index (χ0n) is 12.8. The summed E-state index contributed by atoms with van der Waals surface area (Å²) in [5.41, 5.74) is 3.05. The molecule has 0 radical (unpaired) electrons. The molecular weight excluding hydrogens is 268 g/mol. The number of nitrogens with one attached hydrogen (secondary N) is 1. The van der Waals surface area contributed by atoms with Gasteiger partial charge in [-0.25, -0.2) is 0 Å². The van der Waals surface area contributed by atoms with Gasteiger partial charge in [-0.3, -0.25) is 9.59 Å². The van der Waals surface area contributed by atoms with Crippen LogP contribution in [0.1, 0.15) is 24.5 Å². The third-order valence-corrected chi connectivity index (χ3v) is 3.81. The summed E-state index contributed by atoms with van der Waals surface area (Å²) in [5.74, 6) is -0.298. The molecule has 0 unspecified atom stereocenters. The maximum absolute atomic E-state index is 12.1. The molecule has 0 aliphatic carbocycles. The lowest BCUT2D eigenvalue weighted by atomic mass is 10.1. The van der Waals surface area contributed by atoms with Crippen LogP contribution in [0.4, 0.5) is 5.69 Å². The first-order valence-corrected chi connectivity index (χ1v) is 7.28. The molecule has 1 N–H and O–H groups in total. The van der Waals surface area contributed by atoms with Gasteiger partial charge in [-0.15, -0.1) is 0 Å². The molecule has 1 aromatic rings. The number of likely N-dealkylation sites (N-methyl/N-ethyl adjacent to an activating group) is 1. The minimum Gasteiger partial charge on any atom is -0.366 e. The Bertz CT molecular complexity index is 542. The van der Waals surface area contributed by atoms with Crippen LogP contribution in [0.5, 0.6) is 0 Å². The number of nitrogens with zero attached hydrogens (tertiary/aromatic N) is 1. The topological polar surface area (TPSA) is 58.6 Å². The first-order chi connectivity index (χ1) is 10.0. The van der Waals surface area contributed by atoms with Gasteiger partial charge in [0.05, 0.1) is 13.0 Å². The highest BCUT2D eigenvalue weighted by molar-refractivity contribution is 5.95. The highest BCUT2D eigenvalue weighted by atomic mass is 16.5. The minimum absolute atomic E-state index is 0.0578. The SMILES string of the molecule is CCN1CCO[C@H](CC(=O)Nc2ccc(C)c(C)c2)C1=O. The average Bonchev–Trinajstić information content (AvgIpc) is 2.45. The molecule has 0 aromatic heterocycles. The van der Waals surface area contributed by atoms with E-state index in [2.05, 4.69) is 5.32 Å². The summed E-state index contributed by atoms with van der Waals surface area (Å²) in [6, 6.07) is 5.75. The van der Waals surface area contributed by atoms with Crippen LogP contribution in [0.15, 0.2) is 18.2 Å². The molecule has 1 heterocycles. The molecule has 5 heteroatoms. The van der Waals surface area contributed by atoms with Gasteiger partial charge in [0.2, 0.25) is 5.91 Å². The summed E-state index contributed by atoms with van der Waals surface area (Å²) in [4.78, 5) is 25.8. The second-order valence-electron chi connectivity index (χ2n) is 5.33. The van der Waals surface area contributed by atoms with Crippen molar-refractivity contribution in [2.75, 3.05) is 25.0 Å². The Kier molecular flexibility index (Phi) is 4.96. The van der Waals surface area contributed by atoms with Crippen LogP contribution < -0.4 is 5.32 Å². The van der Waals surface area contributed by atoms with Crippen LogP contribution in [-0.4, -0.2) is 42.5 Å². The fraction of sp³-hybridized carbons (Fsp3) is 0.500. The van der Waals surface area contributed by atoms with Crippen LogP contribution in [0.2, 0.25) is 0 Å².